The van der Waals surface area contributed by atoms with E-state index >= 15 is 0 Å². The van der Waals surface area contributed by atoms with Crippen molar-refractivity contribution in [3.8, 4) is 0 Å². The highest BCUT2D eigenvalue weighted by molar-refractivity contribution is 7.81. The van der Waals surface area contributed by atoms with Crippen LogP contribution in [-0.2, 0) is 4.74 Å². The lowest BCUT2D eigenvalue weighted by atomic mass is 10.2. The van der Waals surface area contributed by atoms with Gasteiger partial charge in [0.1, 0.15) is 4.99 Å². The molecule has 1 N–H and O–H groups in total. The zero-order valence-electron chi connectivity index (χ0n) is 12.6. The topological polar surface area (TPSA) is 37.4 Å². The van der Waals surface area contributed by atoms with Gasteiger partial charge in [-0.2, -0.15) is 0 Å². The highest BCUT2D eigenvalue weighted by Crippen LogP contribution is 2.19. The summed E-state index contributed by atoms with van der Waals surface area (Å²) >= 11 is 5.42. The zero-order chi connectivity index (χ0) is 15.4. The van der Waals surface area contributed by atoms with E-state index in [9.17, 15) is 0 Å². The van der Waals surface area contributed by atoms with Crippen LogP contribution in [0.2, 0.25) is 0 Å². The van der Waals surface area contributed by atoms with Crippen LogP contribution in [0, 0.1) is 6.92 Å². The number of aryl methyl sites for hydroxylation is 1. The number of nitrogens with one attached hydrogen (secondary N) is 1. The van der Waals surface area contributed by atoms with Crippen LogP contribution in [0.5, 0.6) is 0 Å². The van der Waals surface area contributed by atoms with Crippen LogP contribution in [0.3, 0.4) is 0 Å². The predicted molar refractivity (Wildman–Crippen MR) is 93.8 cm³/mol. The molecule has 22 heavy (non-hydrogen) atoms. The summed E-state index contributed by atoms with van der Waals surface area (Å²) in [5.41, 5.74) is 4.14. The van der Waals surface area contributed by atoms with Gasteiger partial charge in [-0.1, -0.05) is 12.2 Å². The fraction of sp³-hybridized carbons (Fsp3) is 0.294. The monoisotopic (exact) mass is 313 g/mol. The van der Waals surface area contributed by atoms with Crippen molar-refractivity contribution in [2.24, 2.45) is 0 Å². The first kappa shape index (κ1) is 14.9. The number of morpholine rings is 1. The van der Waals surface area contributed by atoms with E-state index in [1.54, 1.807) is 6.20 Å². The van der Waals surface area contributed by atoms with Gasteiger partial charge in [-0.05, 0) is 48.9 Å². The molecule has 0 unspecified atom stereocenters. The van der Waals surface area contributed by atoms with Gasteiger partial charge in [0.15, 0.2) is 0 Å². The summed E-state index contributed by atoms with van der Waals surface area (Å²) in [6, 6.07) is 12.3. The van der Waals surface area contributed by atoms with E-state index in [1.807, 2.05) is 31.2 Å². The molecule has 0 saturated carbocycles. The average Bonchev–Trinajstić information content (AvgIpc) is 2.56. The maximum absolute atomic E-state index is 5.42. The highest BCUT2D eigenvalue weighted by Gasteiger charge is 2.11. The van der Waals surface area contributed by atoms with Crippen molar-refractivity contribution < 1.29 is 4.74 Å². The average molecular weight is 313 g/mol. The highest BCUT2D eigenvalue weighted by atomic mass is 32.1. The number of pyridine rings is 1. The van der Waals surface area contributed by atoms with Gasteiger partial charge in [0.2, 0.25) is 0 Å². The second-order valence-electron chi connectivity index (χ2n) is 5.32. The third-order valence-corrected chi connectivity index (χ3v) is 3.96. The first-order chi connectivity index (χ1) is 10.7. The van der Waals surface area contributed by atoms with Crippen LogP contribution in [-0.4, -0.2) is 36.3 Å². The lowest BCUT2D eigenvalue weighted by molar-refractivity contribution is 0.122. The van der Waals surface area contributed by atoms with E-state index in [0.29, 0.717) is 4.99 Å². The molecule has 0 aliphatic carbocycles. The third-order valence-electron chi connectivity index (χ3n) is 3.65. The second-order valence-corrected chi connectivity index (χ2v) is 5.73. The molecular weight excluding hydrogens is 294 g/mol. The molecule has 3 rings (SSSR count). The fourth-order valence-corrected chi connectivity index (χ4v) is 2.66. The molecule has 0 radical (unpaired) electrons. The zero-order valence-corrected chi connectivity index (χ0v) is 13.4. The van der Waals surface area contributed by atoms with E-state index in [0.717, 1.165) is 43.2 Å². The van der Waals surface area contributed by atoms with Gasteiger partial charge in [-0.3, -0.25) is 4.98 Å². The molecule has 1 aliphatic rings. The Labute approximate surface area is 136 Å². The van der Waals surface area contributed by atoms with Crippen molar-refractivity contribution in [2.45, 2.75) is 6.92 Å². The third kappa shape index (κ3) is 3.61. The van der Waals surface area contributed by atoms with Crippen LogP contribution >= 0.6 is 12.2 Å². The second kappa shape index (κ2) is 6.85. The molecule has 0 bridgehead atoms. The Hall–Kier alpha value is -1.98. The van der Waals surface area contributed by atoms with Crippen LogP contribution in [0.4, 0.5) is 11.4 Å². The number of benzene rings is 1. The number of anilines is 2. The van der Waals surface area contributed by atoms with Crippen molar-refractivity contribution in [1.82, 2.24) is 4.98 Å². The maximum Gasteiger partial charge on any atom is 0.129 e. The molecule has 114 valence electrons. The van der Waals surface area contributed by atoms with E-state index in [-0.39, 0.29) is 0 Å². The number of nitrogens with zero attached hydrogens (tertiary/aromatic N) is 2. The molecule has 0 spiro atoms. The fourth-order valence-electron chi connectivity index (χ4n) is 2.43. The van der Waals surface area contributed by atoms with Gasteiger partial charge in [0.05, 0.1) is 18.9 Å². The normalized spacial score (nSPS) is 14.7. The van der Waals surface area contributed by atoms with Gasteiger partial charge in [-0.25, -0.2) is 0 Å². The smallest absolute Gasteiger partial charge is 0.129 e. The Balaban J connectivity index is 1.66. The van der Waals surface area contributed by atoms with E-state index in [2.05, 4.69) is 27.3 Å². The minimum Gasteiger partial charge on any atom is -0.378 e. The predicted octanol–water partition coefficient (Wildman–Crippen LogP) is 3.01. The molecular formula is C17H19N3OS. The van der Waals surface area contributed by atoms with Gasteiger partial charge < -0.3 is 15.0 Å². The molecule has 0 atom stereocenters. The molecule has 1 aromatic carbocycles. The van der Waals surface area contributed by atoms with Crippen LogP contribution in [0.1, 0.15) is 11.3 Å². The van der Waals surface area contributed by atoms with Crippen LogP contribution < -0.4 is 10.2 Å². The lowest BCUT2D eigenvalue weighted by Crippen LogP contribution is -2.36. The molecule has 4 nitrogen and oxygen atoms in total. The number of rotatable bonds is 3. The van der Waals surface area contributed by atoms with Crippen LogP contribution in [0.15, 0.2) is 42.6 Å². The van der Waals surface area contributed by atoms with Crippen molar-refractivity contribution >= 4 is 28.6 Å². The quantitative estimate of drug-likeness (QED) is 0.882. The van der Waals surface area contributed by atoms with E-state index in [1.165, 1.54) is 5.69 Å². The number of thiocarbonyl (C=S) groups is 1. The Morgan fingerprint density at radius 1 is 1.18 bits per heavy atom. The number of aromatic nitrogens is 1. The minimum absolute atomic E-state index is 0.642. The molecule has 1 aromatic heterocycles. The van der Waals surface area contributed by atoms with Crippen molar-refractivity contribution in [3.63, 3.8) is 0 Å². The number of hydrogen-bond acceptors (Lipinski definition) is 4. The van der Waals surface area contributed by atoms with Gasteiger partial charge in [0, 0.05) is 30.7 Å². The lowest BCUT2D eigenvalue weighted by Gasteiger charge is -2.28. The Kier molecular flexibility index (Phi) is 4.65. The Morgan fingerprint density at radius 3 is 2.59 bits per heavy atom. The van der Waals surface area contributed by atoms with E-state index < -0.39 is 0 Å². The molecule has 1 saturated heterocycles. The molecule has 5 heteroatoms. The van der Waals surface area contributed by atoms with Gasteiger partial charge >= 0.3 is 0 Å². The first-order valence-electron chi connectivity index (χ1n) is 7.39. The van der Waals surface area contributed by atoms with E-state index in [4.69, 9.17) is 17.0 Å². The largest absolute Gasteiger partial charge is 0.378 e. The minimum atomic E-state index is 0.642. The SMILES string of the molecule is Cc1ccnc(C(=S)Nc2ccc(N3CCOCC3)cc2)c1. The van der Waals surface area contributed by atoms with Crippen molar-refractivity contribution in [3.05, 3.63) is 53.9 Å². The molecule has 2 aromatic rings. The molecule has 1 fully saturated rings. The maximum atomic E-state index is 5.42. The summed E-state index contributed by atoms with van der Waals surface area (Å²) in [5, 5.41) is 3.24. The standard InChI is InChI=1S/C17H19N3OS/c1-13-6-7-18-16(12-13)17(22)19-14-2-4-15(5-3-14)20-8-10-21-11-9-20/h2-7,12H,8-11H2,1H3,(H,19,22). The summed E-state index contributed by atoms with van der Waals surface area (Å²) in [7, 11) is 0. The molecule has 2 heterocycles. The Bertz CT molecular complexity index is 651. The van der Waals surface area contributed by atoms with Crippen molar-refractivity contribution in [1.29, 1.82) is 0 Å². The Morgan fingerprint density at radius 2 is 1.91 bits per heavy atom. The van der Waals surface area contributed by atoms with Crippen LogP contribution in [0.25, 0.3) is 0 Å². The summed E-state index contributed by atoms with van der Waals surface area (Å²) in [5.74, 6) is 0. The summed E-state index contributed by atoms with van der Waals surface area (Å²) in [6.45, 7) is 5.51. The summed E-state index contributed by atoms with van der Waals surface area (Å²) < 4.78 is 5.38. The summed E-state index contributed by atoms with van der Waals surface area (Å²) in [6.07, 6.45) is 1.78. The summed E-state index contributed by atoms with van der Waals surface area (Å²) in [4.78, 5) is 7.27. The van der Waals surface area contributed by atoms with Crippen molar-refractivity contribution in [2.75, 3.05) is 36.5 Å². The molecule has 0 amide bonds. The molecule has 1 aliphatic heterocycles. The number of hydrogen-bond donors (Lipinski definition) is 1. The van der Waals surface area contributed by atoms with Gasteiger partial charge in [-0.15, -0.1) is 0 Å². The first-order valence-corrected chi connectivity index (χ1v) is 7.80. The van der Waals surface area contributed by atoms with Gasteiger partial charge in [0.25, 0.3) is 0 Å². The number of ether oxygens (including phenoxy) is 1.